The molecule has 3 aromatic heterocycles. The van der Waals surface area contributed by atoms with Gasteiger partial charge in [0, 0.05) is 30.9 Å². The second-order valence-corrected chi connectivity index (χ2v) is 6.28. The van der Waals surface area contributed by atoms with E-state index in [4.69, 9.17) is 5.10 Å². The molecule has 0 saturated heterocycles. The van der Waals surface area contributed by atoms with Crippen LogP contribution in [0.1, 0.15) is 12.1 Å². The van der Waals surface area contributed by atoms with E-state index in [0.29, 0.717) is 0 Å². The van der Waals surface area contributed by atoms with Crippen molar-refractivity contribution >= 4 is 10.9 Å². The molecule has 1 N–H and O–H groups in total. The number of benzene rings is 1. The van der Waals surface area contributed by atoms with Crippen molar-refractivity contribution in [1.29, 1.82) is 0 Å². The fourth-order valence-electron chi connectivity index (χ4n) is 3.36. The molecule has 0 amide bonds. The summed E-state index contributed by atoms with van der Waals surface area (Å²) in [6.45, 7) is 2.84. The number of nitrogens with zero attached hydrogens (tertiary/aromatic N) is 5. The van der Waals surface area contributed by atoms with E-state index >= 15 is 0 Å². The highest BCUT2D eigenvalue weighted by Gasteiger charge is 2.16. The van der Waals surface area contributed by atoms with Gasteiger partial charge in [-0.25, -0.2) is 4.98 Å². The number of pyridine rings is 1. The fourth-order valence-corrected chi connectivity index (χ4v) is 3.36. The minimum absolute atomic E-state index is 0.845. The van der Waals surface area contributed by atoms with E-state index < -0.39 is 0 Å². The summed E-state index contributed by atoms with van der Waals surface area (Å²) in [5.41, 5.74) is 4.09. The lowest BCUT2D eigenvalue weighted by atomic mass is 10.2. The van der Waals surface area contributed by atoms with Gasteiger partial charge in [0.25, 0.3) is 0 Å². The molecule has 0 bridgehead atoms. The van der Waals surface area contributed by atoms with Gasteiger partial charge in [-0.15, -0.1) is 0 Å². The van der Waals surface area contributed by atoms with Crippen molar-refractivity contribution in [2.24, 2.45) is 0 Å². The topological polar surface area (TPSA) is 60.6 Å². The molecule has 0 unspecified atom stereocenters. The van der Waals surface area contributed by atoms with Crippen LogP contribution in [0, 0.1) is 0 Å². The maximum atomic E-state index is 4.77. The average Bonchev–Trinajstić information content (AvgIpc) is 3.23. The van der Waals surface area contributed by atoms with Crippen molar-refractivity contribution in [2.75, 3.05) is 6.54 Å². The highest BCUT2D eigenvalue weighted by atomic mass is 15.3. The first-order valence-corrected chi connectivity index (χ1v) is 8.55. The molecule has 0 aliphatic carbocycles. The van der Waals surface area contributed by atoms with Gasteiger partial charge in [0.1, 0.15) is 5.69 Å². The van der Waals surface area contributed by atoms with Crippen LogP contribution < -0.4 is 5.32 Å². The molecule has 25 heavy (non-hydrogen) atoms. The number of rotatable bonds is 2. The van der Waals surface area contributed by atoms with Crippen LogP contribution in [0.4, 0.5) is 0 Å². The number of hydrogen-bond acceptors (Lipinski definition) is 4. The van der Waals surface area contributed by atoms with Crippen molar-refractivity contribution in [3.8, 4) is 17.2 Å². The minimum Gasteiger partial charge on any atom is -0.311 e. The molecular weight excluding hydrogens is 312 g/mol. The largest absolute Gasteiger partial charge is 0.311 e. The summed E-state index contributed by atoms with van der Waals surface area (Å²) in [6.07, 6.45) is 6.75. The summed E-state index contributed by atoms with van der Waals surface area (Å²) in [5.74, 6) is 0.845. The molecule has 0 radical (unpaired) electrons. The van der Waals surface area contributed by atoms with Crippen LogP contribution in [0.3, 0.4) is 0 Å². The van der Waals surface area contributed by atoms with Gasteiger partial charge in [-0.05, 0) is 31.2 Å². The second kappa shape index (κ2) is 5.82. The molecule has 0 atom stereocenters. The predicted molar refractivity (Wildman–Crippen MR) is 96.4 cm³/mol. The Morgan fingerprint density at radius 3 is 3.04 bits per heavy atom. The molecule has 4 heterocycles. The van der Waals surface area contributed by atoms with E-state index in [-0.39, 0.29) is 0 Å². The van der Waals surface area contributed by atoms with Crippen LogP contribution in [0.5, 0.6) is 0 Å². The molecule has 124 valence electrons. The van der Waals surface area contributed by atoms with Gasteiger partial charge in [-0.3, -0.25) is 14.2 Å². The number of imidazole rings is 1. The Morgan fingerprint density at radius 2 is 2.04 bits per heavy atom. The lowest BCUT2D eigenvalue weighted by molar-refractivity contribution is 0.588. The van der Waals surface area contributed by atoms with Gasteiger partial charge < -0.3 is 5.32 Å². The van der Waals surface area contributed by atoms with Gasteiger partial charge in [0.15, 0.2) is 5.82 Å². The van der Waals surface area contributed by atoms with Crippen molar-refractivity contribution in [2.45, 2.75) is 19.5 Å². The monoisotopic (exact) mass is 330 g/mol. The van der Waals surface area contributed by atoms with Crippen LogP contribution in [-0.2, 0) is 13.1 Å². The quantitative estimate of drug-likeness (QED) is 0.614. The Morgan fingerprint density at radius 1 is 1.08 bits per heavy atom. The van der Waals surface area contributed by atoms with Crippen LogP contribution >= 0.6 is 0 Å². The molecule has 0 spiro atoms. The summed E-state index contributed by atoms with van der Waals surface area (Å²) in [7, 11) is 0. The van der Waals surface area contributed by atoms with E-state index in [9.17, 15) is 0 Å². The molecule has 6 heteroatoms. The third-order valence-corrected chi connectivity index (χ3v) is 4.62. The molecule has 1 aliphatic rings. The van der Waals surface area contributed by atoms with Gasteiger partial charge in [0.2, 0.25) is 0 Å². The number of para-hydroxylation sites is 1. The summed E-state index contributed by atoms with van der Waals surface area (Å²) < 4.78 is 4.14. The second-order valence-electron chi connectivity index (χ2n) is 6.28. The van der Waals surface area contributed by atoms with Gasteiger partial charge in [-0.2, -0.15) is 5.10 Å². The molecule has 5 rings (SSSR count). The maximum Gasteiger partial charge on any atom is 0.165 e. The van der Waals surface area contributed by atoms with E-state index in [1.807, 2.05) is 36.8 Å². The molecule has 4 aromatic rings. The maximum absolute atomic E-state index is 4.77. The first-order chi connectivity index (χ1) is 12.4. The van der Waals surface area contributed by atoms with Crippen LogP contribution in [0.15, 0.2) is 55.0 Å². The van der Waals surface area contributed by atoms with E-state index in [1.54, 1.807) is 0 Å². The third kappa shape index (κ3) is 2.51. The van der Waals surface area contributed by atoms with Crippen molar-refractivity contribution in [3.63, 3.8) is 0 Å². The Balaban J connectivity index is 1.59. The summed E-state index contributed by atoms with van der Waals surface area (Å²) in [6, 6.07) is 12.4. The lowest BCUT2D eigenvalue weighted by Gasteiger charge is -2.07. The average molecular weight is 330 g/mol. The molecule has 1 aromatic carbocycles. The van der Waals surface area contributed by atoms with E-state index in [1.165, 1.54) is 5.69 Å². The SMILES string of the molecule is c1ccc2ncc(-n3ccnc3-c3cc4n(n3)CCCNC4)cc2c1. The fraction of sp³-hybridized carbons (Fsp3) is 0.211. The first-order valence-electron chi connectivity index (χ1n) is 8.55. The molecule has 1 aliphatic heterocycles. The number of aromatic nitrogens is 5. The highest BCUT2D eigenvalue weighted by molar-refractivity contribution is 5.80. The van der Waals surface area contributed by atoms with Crippen molar-refractivity contribution < 1.29 is 0 Å². The van der Waals surface area contributed by atoms with Gasteiger partial charge in [0.05, 0.1) is 23.1 Å². The standard InChI is InChI=1S/C19H18N6/c1-2-5-17-14(4-1)10-15(13-22-17)24-9-7-21-19(24)18-11-16-12-20-6-3-8-25(16)23-18/h1-2,4-5,7,9-11,13,20H,3,6,8,12H2. The normalized spacial score (nSPS) is 14.4. The van der Waals surface area contributed by atoms with Crippen molar-refractivity contribution in [3.05, 3.63) is 60.7 Å². The van der Waals surface area contributed by atoms with Crippen molar-refractivity contribution in [1.82, 2.24) is 29.6 Å². The highest BCUT2D eigenvalue weighted by Crippen LogP contribution is 2.23. The zero-order chi connectivity index (χ0) is 16.6. The Bertz CT molecular complexity index is 1020. The van der Waals surface area contributed by atoms with Crippen LogP contribution in [0.2, 0.25) is 0 Å². The number of hydrogen-bond donors (Lipinski definition) is 1. The van der Waals surface area contributed by atoms with Gasteiger partial charge >= 0.3 is 0 Å². The molecule has 0 fully saturated rings. The summed E-state index contributed by atoms with van der Waals surface area (Å²) >= 11 is 0. The number of fused-ring (bicyclic) bond motifs is 2. The Labute approximate surface area is 145 Å². The zero-order valence-corrected chi connectivity index (χ0v) is 13.8. The lowest BCUT2D eigenvalue weighted by Crippen LogP contribution is -2.11. The smallest absolute Gasteiger partial charge is 0.165 e. The molecule has 6 nitrogen and oxygen atoms in total. The van der Waals surface area contributed by atoms with Crippen LogP contribution in [0.25, 0.3) is 28.1 Å². The summed E-state index contributed by atoms with van der Waals surface area (Å²) in [5, 5.41) is 9.32. The minimum atomic E-state index is 0.845. The first kappa shape index (κ1) is 14.4. The van der Waals surface area contributed by atoms with E-state index in [0.717, 1.165) is 54.2 Å². The summed E-state index contributed by atoms with van der Waals surface area (Å²) in [4.78, 5) is 9.11. The number of aryl methyl sites for hydroxylation is 1. The Kier molecular flexibility index (Phi) is 3.34. The molecule has 0 saturated carbocycles. The zero-order valence-electron chi connectivity index (χ0n) is 13.8. The predicted octanol–water partition coefficient (Wildman–Crippen LogP) is 2.78. The van der Waals surface area contributed by atoms with E-state index in [2.05, 4.69) is 42.7 Å². The van der Waals surface area contributed by atoms with Crippen LogP contribution in [-0.4, -0.2) is 30.9 Å². The molecular formula is C19H18N6. The Hall–Kier alpha value is -2.99. The number of nitrogens with one attached hydrogen (secondary N) is 1. The van der Waals surface area contributed by atoms with Gasteiger partial charge in [-0.1, -0.05) is 18.2 Å². The third-order valence-electron chi connectivity index (χ3n) is 4.62.